The van der Waals surface area contributed by atoms with E-state index in [4.69, 9.17) is 5.73 Å². The Morgan fingerprint density at radius 1 is 1.44 bits per heavy atom. The molecule has 2 atom stereocenters. The van der Waals surface area contributed by atoms with E-state index in [1.807, 2.05) is 20.8 Å². The van der Waals surface area contributed by atoms with Gasteiger partial charge in [-0.05, 0) is 45.2 Å². The molecule has 0 aliphatic carbocycles. The second-order valence-corrected chi connectivity index (χ2v) is 8.43. The predicted octanol–water partition coefficient (Wildman–Crippen LogP) is 1.87. The molecule has 2 rings (SSSR count). The van der Waals surface area contributed by atoms with Crippen LogP contribution in [0.25, 0.3) is 0 Å². The lowest BCUT2D eigenvalue weighted by Crippen LogP contribution is -2.48. The number of hydrogen-bond acceptors (Lipinski definition) is 4. The highest BCUT2D eigenvalue weighted by molar-refractivity contribution is 7.91. The Hall–Kier alpha value is -0.430. The van der Waals surface area contributed by atoms with Crippen LogP contribution < -0.4 is 5.73 Å². The molecule has 18 heavy (non-hydrogen) atoms. The zero-order valence-electron chi connectivity index (χ0n) is 11.0. The molecule has 102 valence electrons. The van der Waals surface area contributed by atoms with Crippen molar-refractivity contribution >= 4 is 21.4 Å². The summed E-state index contributed by atoms with van der Waals surface area (Å²) in [6.07, 6.45) is 1.48. The fourth-order valence-electron chi connectivity index (χ4n) is 2.33. The molecule has 0 spiro atoms. The van der Waals surface area contributed by atoms with Gasteiger partial charge in [0.1, 0.15) is 4.21 Å². The summed E-state index contributed by atoms with van der Waals surface area (Å²) in [5, 5.41) is 0. The third-order valence-electron chi connectivity index (χ3n) is 3.56. The first-order chi connectivity index (χ1) is 8.32. The van der Waals surface area contributed by atoms with Crippen molar-refractivity contribution in [3.05, 3.63) is 16.5 Å². The number of hydrogen-bond donors (Lipinski definition) is 1. The van der Waals surface area contributed by atoms with Crippen molar-refractivity contribution in [3.63, 3.8) is 0 Å². The number of rotatable bonds is 2. The Bertz CT molecular complexity index is 517. The monoisotopic (exact) mass is 288 g/mol. The summed E-state index contributed by atoms with van der Waals surface area (Å²) in [7, 11) is -3.34. The average molecular weight is 288 g/mol. The summed E-state index contributed by atoms with van der Waals surface area (Å²) < 4.78 is 27.2. The summed E-state index contributed by atoms with van der Waals surface area (Å²) in [5.41, 5.74) is 6.92. The van der Waals surface area contributed by atoms with Crippen LogP contribution in [-0.4, -0.2) is 31.4 Å². The molecule has 1 aliphatic heterocycles. The van der Waals surface area contributed by atoms with E-state index in [1.54, 1.807) is 10.4 Å². The fraction of sp³-hybridized carbons (Fsp3) is 0.667. The van der Waals surface area contributed by atoms with Crippen molar-refractivity contribution in [2.45, 2.75) is 49.9 Å². The molecule has 1 aromatic heterocycles. The summed E-state index contributed by atoms with van der Waals surface area (Å²) in [6.45, 7) is 6.36. The Morgan fingerprint density at radius 2 is 2.11 bits per heavy atom. The van der Waals surface area contributed by atoms with E-state index in [-0.39, 0.29) is 12.1 Å². The highest BCUT2D eigenvalue weighted by atomic mass is 32.2. The topological polar surface area (TPSA) is 63.4 Å². The first kappa shape index (κ1) is 14.0. The molecule has 1 aliphatic rings. The lowest BCUT2D eigenvalue weighted by molar-refractivity contribution is 0.247. The van der Waals surface area contributed by atoms with Crippen LogP contribution >= 0.6 is 11.3 Å². The minimum Gasteiger partial charge on any atom is -0.328 e. The van der Waals surface area contributed by atoms with Gasteiger partial charge in [0.2, 0.25) is 0 Å². The molecule has 0 radical (unpaired) electrons. The zero-order chi connectivity index (χ0) is 13.5. The Balaban J connectivity index is 2.31. The van der Waals surface area contributed by atoms with Gasteiger partial charge in [0.05, 0.1) is 0 Å². The highest BCUT2D eigenvalue weighted by Gasteiger charge is 2.34. The molecule has 0 saturated carbocycles. The van der Waals surface area contributed by atoms with E-state index in [1.165, 1.54) is 11.3 Å². The zero-order valence-corrected chi connectivity index (χ0v) is 12.6. The van der Waals surface area contributed by atoms with Gasteiger partial charge in [-0.15, -0.1) is 11.3 Å². The highest BCUT2D eigenvalue weighted by Crippen LogP contribution is 2.31. The predicted molar refractivity (Wildman–Crippen MR) is 74.4 cm³/mol. The van der Waals surface area contributed by atoms with Crippen molar-refractivity contribution in [1.29, 1.82) is 0 Å². The minimum atomic E-state index is -3.34. The van der Waals surface area contributed by atoms with Gasteiger partial charge < -0.3 is 5.73 Å². The van der Waals surface area contributed by atoms with Crippen LogP contribution in [0.1, 0.15) is 30.2 Å². The van der Waals surface area contributed by atoms with Gasteiger partial charge in [0.15, 0.2) is 0 Å². The normalized spacial score (nSPS) is 26.4. The van der Waals surface area contributed by atoms with Crippen LogP contribution in [0.4, 0.5) is 0 Å². The molecular weight excluding hydrogens is 268 g/mol. The first-order valence-electron chi connectivity index (χ1n) is 6.17. The van der Waals surface area contributed by atoms with Gasteiger partial charge in [0.25, 0.3) is 10.0 Å². The summed E-state index contributed by atoms with van der Waals surface area (Å²) in [4.78, 5) is 1.06. The molecule has 0 aromatic carbocycles. The largest absolute Gasteiger partial charge is 0.328 e. The van der Waals surface area contributed by atoms with Gasteiger partial charge in [-0.2, -0.15) is 4.31 Å². The van der Waals surface area contributed by atoms with E-state index in [0.29, 0.717) is 10.8 Å². The number of aryl methyl sites for hydroxylation is 2. The number of piperidine rings is 1. The van der Waals surface area contributed by atoms with Crippen LogP contribution in [0.15, 0.2) is 10.3 Å². The number of sulfonamides is 1. The van der Waals surface area contributed by atoms with Crippen LogP contribution in [0.5, 0.6) is 0 Å². The second kappa shape index (κ2) is 4.92. The van der Waals surface area contributed by atoms with E-state index in [0.717, 1.165) is 23.3 Å². The Labute approximate surface area is 113 Å². The van der Waals surface area contributed by atoms with Gasteiger partial charge in [-0.1, -0.05) is 0 Å². The Kier molecular flexibility index (Phi) is 3.82. The van der Waals surface area contributed by atoms with Gasteiger partial charge in [-0.25, -0.2) is 8.42 Å². The van der Waals surface area contributed by atoms with Crippen LogP contribution in [0.2, 0.25) is 0 Å². The standard InChI is InChI=1S/C12H20N2O2S2/c1-8-6-12(17-10(8)3)18(15,16)14-5-4-11(13)7-9(14)2/h6,9,11H,4-5,7,13H2,1-3H3. The SMILES string of the molecule is Cc1cc(S(=O)(=O)N2CCC(N)CC2C)sc1C. The molecule has 2 heterocycles. The van der Waals surface area contributed by atoms with Crippen molar-refractivity contribution < 1.29 is 8.42 Å². The van der Waals surface area contributed by atoms with E-state index in [9.17, 15) is 8.42 Å². The summed E-state index contributed by atoms with van der Waals surface area (Å²) in [6, 6.07) is 1.89. The third kappa shape index (κ3) is 2.47. The molecule has 2 unspecified atom stereocenters. The Morgan fingerprint density at radius 3 is 2.61 bits per heavy atom. The van der Waals surface area contributed by atoms with Crippen LogP contribution in [0, 0.1) is 13.8 Å². The molecular formula is C12H20N2O2S2. The van der Waals surface area contributed by atoms with Crippen molar-refractivity contribution in [1.82, 2.24) is 4.31 Å². The van der Waals surface area contributed by atoms with Crippen LogP contribution in [0.3, 0.4) is 0 Å². The number of nitrogens with zero attached hydrogens (tertiary/aromatic N) is 1. The van der Waals surface area contributed by atoms with Crippen molar-refractivity contribution in [3.8, 4) is 0 Å². The van der Waals surface area contributed by atoms with E-state index in [2.05, 4.69) is 0 Å². The van der Waals surface area contributed by atoms with Crippen LogP contribution in [-0.2, 0) is 10.0 Å². The fourth-order valence-corrected chi connectivity index (χ4v) is 5.63. The average Bonchev–Trinajstić information content (AvgIpc) is 2.59. The first-order valence-corrected chi connectivity index (χ1v) is 8.42. The molecule has 2 N–H and O–H groups in total. The molecule has 0 bridgehead atoms. The molecule has 6 heteroatoms. The quantitative estimate of drug-likeness (QED) is 0.903. The molecule has 4 nitrogen and oxygen atoms in total. The number of thiophene rings is 1. The van der Waals surface area contributed by atoms with E-state index < -0.39 is 10.0 Å². The lowest BCUT2D eigenvalue weighted by atomic mass is 10.0. The third-order valence-corrected chi connectivity index (χ3v) is 7.18. The second-order valence-electron chi connectivity index (χ2n) is 5.05. The molecule has 1 fully saturated rings. The number of nitrogens with two attached hydrogens (primary N) is 1. The maximum Gasteiger partial charge on any atom is 0.252 e. The molecule has 1 saturated heterocycles. The lowest BCUT2D eigenvalue weighted by Gasteiger charge is -2.34. The molecule has 0 amide bonds. The minimum absolute atomic E-state index is 0.0125. The van der Waals surface area contributed by atoms with Gasteiger partial charge >= 0.3 is 0 Å². The van der Waals surface area contributed by atoms with E-state index >= 15 is 0 Å². The summed E-state index contributed by atoms with van der Waals surface area (Å²) in [5.74, 6) is 0. The summed E-state index contributed by atoms with van der Waals surface area (Å²) >= 11 is 1.36. The smallest absolute Gasteiger partial charge is 0.252 e. The maximum absolute atomic E-state index is 12.6. The maximum atomic E-state index is 12.6. The van der Waals surface area contributed by atoms with Gasteiger partial charge in [0, 0.05) is 23.5 Å². The van der Waals surface area contributed by atoms with Crippen molar-refractivity contribution in [2.24, 2.45) is 5.73 Å². The molecule has 1 aromatic rings. The van der Waals surface area contributed by atoms with Crippen molar-refractivity contribution in [2.75, 3.05) is 6.54 Å². The van der Waals surface area contributed by atoms with Gasteiger partial charge in [-0.3, -0.25) is 0 Å².